The van der Waals surface area contributed by atoms with Crippen LogP contribution in [0.1, 0.15) is 17.5 Å². The van der Waals surface area contributed by atoms with Crippen LogP contribution in [0.2, 0.25) is 10.0 Å². The highest BCUT2D eigenvalue weighted by molar-refractivity contribution is 8.15. The molecule has 1 amide bonds. The van der Waals surface area contributed by atoms with E-state index in [4.69, 9.17) is 33.0 Å². The van der Waals surface area contributed by atoms with Crippen molar-refractivity contribution >= 4 is 58.2 Å². The Bertz CT molecular complexity index is 983. The molecule has 2 aromatic carbocycles. The van der Waals surface area contributed by atoms with Crippen molar-refractivity contribution in [2.24, 2.45) is 10.2 Å². The van der Waals surface area contributed by atoms with Gasteiger partial charge in [0.25, 0.3) is 0 Å². The summed E-state index contributed by atoms with van der Waals surface area (Å²) < 4.78 is 5.84. The van der Waals surface area contributed by atoms with E-state index in [2.05, 4.69) is 15.5 Å². The van der Waals surface area contributed by atoms with Gasteiger partial charge in [0.2, 0.25) is 5.91 Å². The van der Waals surface area contributed by atoms with E-state index in [1.54, 1.807) is 12.1 Å². The van der Waals surface area contributed by atoms with Gasteiger partial charge in [0.1, 0.15) is 17.6 Å². The van der Waals surface area contributed by atoms with Gasteiger partial charge >= 0.3 is 5.97 Å². The molecule has 10 heteroatoms. The second-order valence-electron chi connectivity index (χ2n) is 5.92. The summed E-state index contributed by atoms with van der Waals surface area (Å²) in [6.45, 7) is 0.306. The zero-order valence-corrected chi connectivity index (χ0v) is 17.2. The highest BCUT2D eigenvalue weighted by Crippen LogP contribution is 2.32. The lowest BCUT2D eigenvalue weighted by molar-refractivity contribution is -0.138. The molecule has 0 aromatic heterocycles. The van der Waals surface area contributed by atoms with Crippen LogP contribution in [-0.4, -0.2) is 33.6 Å². The van der Waals surface area contributed by atoms with Crippen LogP contribution < -0.4 is 10.1 Å². The summed E-state index contributed by atoms with van der Waals surface area (Å²) in [5, 5.41) is 19.4. The maximum atomic E-state index is 11.7. The Morgan fingerprint density at radius 1 is 1.28 bits per heavy atom. The quantitative estimate of drug-likeness (QED) is 0.489. The Kier molecular flexibility index (Phi) is 7.13. The molecule has 0 saturated carbocycles. The van der Waals surface area contributed by atoms with Crippen molar-refractivity contribution in [3.63, 3.8) is 0 Å². The zero-order chi connectivity index (χ0) is 20.8. The van der Waals surface area contributed by atoms with Crippen LogP contribution in [0.4, 0.5) is 0 Å². The van der Waals surface area contributed by atoms with Crippen LogP contribution in [0, 0.1) is 0 Å². The van der Waals surface area contributed by atoms with Gasteiger partial charge in [0.15, 0.2) is 5.17 Å². The van der Waals surface area contributed by atoms with E-state index in [9.17, 15) is 9.59 Å². The summed E-state index contributed by atoms with van der Waals surface area (Å²) in [4.78, 5) is 22.5. The molecule has 2 N–H and O–H groups in total. The second-order valence-corrected chi connectivity index (χ2v) is 7.96. The van der Waals surface area contributed by atoms with Crippen molar-refractivity contribution in [2.45, 2.75) is 18.3 Å². The van der Waals surface area contributed by atoms with Crippen molar-refractivity contribution in [1.82, 2.24) is 5.32 Å². The number of thioether (sulfide) groups is 1. The van der Waals surface area contributed by atoms with E-state index in [0.29, 0.717) is 28.0 Å². The van der Waals surface area contributed by atoms with E-state index in [0.717, 1.165) is 17.3 Å². The number of rotatable bonds is 7. The lowest BCUT2D eigenvalue weighted by Gasteiger charge is -2.11. The largest absolute Gasteiger partial charge is 0.487 e. The van der Waals surface area contributed by atoms with E-state index >= 15 is 0 Å². The van der Waals surface area contributed by atoms with Crippen LogP contribution >= 0.6 is 35.0 Å². The predicted molar refractivity (Wildman–Crippen MR) is 114 cm³/mol. The number of ether oxygens (including phenoxy) is 1. The molecular weight excluding hydrogens is 437 g/mol. The minimum atomic E-state index is -1.06. The van der Waals surface area contributed by atoms with Crippen molar-refractivity contribution in [1.29, 1.82) is 0 Å². The smallest absolute Gasteiger partial charge is 0.305 e. The van der Waals surface area contributed by atoms with Gasteiger partial charge in [0, 0.05) is 10.6 Å². The van der Waals surface area contributed by atoms with E-state index < -0.39 is 17.1 Å². The molecule has 1 aliphatic rings. The minimum Gasteiger partial charge on any atom is -0.487 e. The number of hydrogen-bond acceptors (Lipinski definition) is 6. The maximum absolute atomic E-state index is 11.7. The molecule has 0 bridgehead atoms. The summed E-state index contributed by atoms with van der Waals surface area (Å²) in [6, 6.07) is 12.8. The second kappa shape index (κ2) is 9.78. The average Bonchev–Trinajstić information content (AvgIpc) is 3.00. The lowest BCUT2D eigenvalue weighted by Crippen LogP contribution is -2.26. The summed E-state index contributed by atoms with van der Waals surface area (Å²) >= 11 is 13.4. The molecule has 1 fully saturated rings. The molecule has 29 heavy (non-hydrogen) atoms. The fraction of sp³-hybridized carbons (Fsp3) is 0.158. The first-order valence-corrected chi connectivity index (χ1v) is 10.0. The summed E-state index contributed by atoms with van der Waals surface area (Å²) in [7, 11) is 0. The SMILES string of the molecule is O=C(O)CC1S/C(=N/N=C/c2cc(Cl)cc(Cl)c2OCc2ccccc2)NC1=O. The van der Waals surface area contributed by atoms with Gasteiger partial charge in [-0.2, -0.15) is 5.10 Å². The zero-order valence-electron chi connectivity index (χ0n) is 14.8. The van der Waals surface area contributed by atoms with E-state index in [1.165, 1.54) is 6.21 Å². The standard InChI is InChI=1S/C19H15Cl2N3O4S/c20-13-6-12(9-22-24-19-23-18(27)15(29-19)8-16(25)26)17(14(21)7-13)28-10-11-4-2-1-3-5-11/h1-7,9,15H,8,10H2,(H,25,26)(H,23,24,27)/b22-9+. The number of carbonyl (C=O) groups is 2. The molecule has 7 nitrogen and oxygen atoms in total. The third-order valence-corrected chi connectivity index (χ3v) is 5.32. The van der Waals surface area contributed by atoms with Crippen molar-refractivity contribution in [3.8, 4) is 5.75 Å². The van der Waals surface area contributed by atoms with Gasteiger partial charge in [-0.25, -0.2) is 0 Å². The highest BCUT2D eigenvalue weighted by Gasteiger charge is 2.32. The molecule has 1 aliphatic heterocycles. The summed E-state index contributed by atoms with van der Waals surface area (Å²) in [5.41, 5.74) is 1.48. The van der Waals surface area contributed by atoms with Gasteiger partial charge in [-0.1, -0.05) is 65.3 Å². The Balaban J connectivity index is 1.74. The number of nitrogens with one attached hydrogen (secondary N) is 1. The van der Waals surface area contributed by atoms with Gasteiger partial charge in [-0.15, -0.1) is 5.10 Å². The third-order valence-electron chi connectivity index (χ3n) is 3.74. The first-order valence-electron chi connectivity index (χ1n) is 8.38. The highest BCUT2D eigenvalue weighted by atomic mass is 35.5. The number of amides is 1. The number of carboxylic acid groups (broad SMARTS) is 1. The van der Waals surface area contributed by atoms with Gasteiger partial charge in [-0.05, 0) is 17.7 Å². The normalized spacial score (nSPS) is 17.7. The van der Waals surface area contributed by atoms with Crippen molar-refractivity contribution in [2.75, 3.05) is 0 Å². The molecule has 1 unspecified atom stereocenters. The fourth-order valence-corrected chi connectivity index (χ4v) is 3.93. The number of amidine groups is 1. The Labute approximate surface area is 180 Å². The maximum Gasteiger partial charge on any atom is 0.305 e. The number of benzene rings is 2. The summed E-state index contributed by atoms with van der Waals surface area (Å²) in [6.07, 6.45) is 1.11. The van der Waals surface area contributed by atoms with Gasteiger partial charge < -0.3 is 15.2 Å². The lowest BCUT2D eigenvalue weighted by atomic mass is 10.2. The van der Waals surface area contributed by atoms with Crippen molar-refractivity contribution in [3.05, 3.63) is 63.6 Å². The first kappa shape index (κ1) is 21.2. The molecule has 1 atom stereocenters. The van der Waals surface area contributed by atoms with Crippen LogP contribution in [0.5, 0.6) is 5.75 Å². The predicted octanol–water partition coefficient (Wildman–Crippen LogP) is 3.97. The number of carbonyl (C=O) groups excluding carboxylic acids is 1. The number of halogens is 2. The third kappa shape index (κ3) is 5.96. The Morgan fingerprint density at radius 3 is 2.76 bits per heavy atom. The molecule has 1 saturated heterocycles. The molecule has 0 aliphatic carbocycles. The van der Waals surface area contributed by atoms with Crippen molar-refractivity contribution < 1.29 is 19.4 Å². The van der Waals surface area contributed by atoms with E-state index in [-0.39, 0.29) is 11.6 Å². The monoisotopic (exact) mass is 451 g/mol. The molecule has 0 radical (unpaired) electrons. The molecular formula is C19H15Cl2N3O4S. The van der Waals surface area contributed by atoms with Gasteiger partial charge in [0.05, 0.1) is 17.7 Å². The number of aliphatic carboxylic acids is 1. The fourth-order valence-electron chi connectivity index (χ4n) is 2.45. The van der Waals surface area contributed by atoms with Crippen LogP contribution in [0.15, 0.2) is 52.7 Å². The van der Waals surface area contributed by atoms with Crippen LogP contribution in [0.3, 0.4) is 0 Å². The number of hydrogen-bond donors (Lipinski definition) is 2. The van der Waals surface area contributed by atoms with Crippen LogP contribution in [-0.2, 0) is 16.2 Å². The van der Waals surface area contributed by atoms with Crippen LogP contribution in [0.25, 0.3) is 0 Å². The Morgan fingerprint density at radius 2 is 2.03 bits per heavy atom. The summed E-state index contributed by atoms with van der Waals surface area (Å²) in [5.74, 6) is -1.07. The molecule has 2 aromatic rings. The van der Waals surface area contributed by atoms with E-state index in [1.807, 2.05) is 30.3 Å². The van der Waals surface area contributed by atoms with Gasteiger partial charge in [-0.3, -0.25) is 9.59 Å². The first-order chi connectivity index (χ1) is 13.9. The molecule has 150 valence electrons. The number of nitrogens with zero attached hydrogens (tertiary/aromatic N) is 2. The average molecular weight is 452 g/mol. The number of carboxylic acids is 1. The minimum absolute atomic E-state index is 0.220. The molecule has 3 rings (SSSR count). The molecule has 0 spiro atoms. The molecule has 1 heterocycles. The topological polar surface area (TPSA) is 100 Å². The Hall–Kier alpha value is -2.55.